The second-order valence-corrected chi connectivity index (χ2v) is 5.06. The molecule has 1 aromatic rings. The summed E-state index contributed by atoms with van der Waals surface area (Å²) in [6.07, 6.45) is 0.850. The van der Waals surface area contributed by atoms with E-state index in [0.717, 1.165) is 6.42 Å². The van der Waals surface area contributed by atoms with Crippen LogP contribution in [0.4, 0.5) is 5.69 Å². The molecule has 0 saturated heterocycles. The predicted octanol–water partition coefficient (Wildman–Crippen LogP) is 2.63. The van der Waals surface area contributed by atoms with E-state index in [0.29, 0.717) is 15.7 Å². The first-order valence-electron chi connectivity index (χ1n) is 5.75. The van der Waals surface area contributed by atoms with Crippen molar-refractivity contribution in [2.24, 2.45) is 11.7 Å². The first kappa shape index (κ1) is 14.7. The Morgan fingerprint density at radius 2 is 2.28 bits per heavy atom. The number of anilines is 1. The summed E-state index contributed by atoms with van der Waals surface area (Å²) in [7, 11) is 0. The van der Waals surface area contributed by atoms with Gasteiger partial charge in [-0.05, 0) is 40.0 Å². The van der Waals surface area contributed by atoms with E-state index in [1.54, 1.807) is 18.2 Å². The van der Waals surface area contributed by atoms with Crippen molar-refractivity contribution in [1.29, 1.82) is 5.26 Å². The molecule has 1 amide bonds. The van der Waals surface area contributed by atoms with Gasteiger partial charge in [-0.2, -0.15) is 5.26 Å². The molecule has 0 fully saturated rings. The Kier molecular flexibility index (Phi) is 5.32. The molecule has 18 heavy (non-hydrogen) atoms. The second kappa shape index (κ2) is 6.53. The van der Waals surface area contributed by atoms with Crippen LogP contribution in [0, 0.1) is 17.2 Å². The van der Waals surface area contributed by atoms with E-state index >= 15 is 0 Å². The van der Waals surface area contributed by atoms with Crippen LogP contribution in [0.15, 0.2) is 22.7 Å². The fourth-order valence-corrected chi connectivity index (χ4v) is 1.89. The monoisotopic (exact) mass is 309 g/mol. The van der Waals surface area contributed by atoms with E-state index in [-0.39, 0.29) is 11.8 Å². The number of nitrogens with one attached hydrogen (secondary N) is 1. The molecule has 3 N–H and O–H groups in total. The van der Waals surface area contributed by atoms with Crippen LogP contribution in [0.2, 0.25) is 0 Å². The van der Waals surface area contributed by atoms with Crippen LogP contribution in [-0.2, 0) is 4.79 Å². The van der Waals surface area contributed by atoms with Crippen molar-refractivity contribution in [2.75, 3.05) is 5.32 Å². The molecule has 4 nitrogen and oxygen atoms in total. The number of carbonyl (C=O) groups is 1. The standard InChI is InChI=1S/C13H16BrN3O/c1-3-8(2)12(16)13(18)17-11-5-4-9(7-15)6-10(11)14/h4-6,8,12H,3,16H2,1-2H3,(H,17,18)/t8?,12-/m0/s1. The molecule has 1 rings (SSSR count). The van der Waals surface area contributed by atoms with Crippen LogP contribution in [-0.4, -0.2) is 11.9 Å². The largest absolute Gasteiger partial charge is 0.324 e. The van der Waals surface area contributed by atoms with Gasteiger partial charge >= 0.3 is 0 Å². The molecule has 0 aliphatic carbocycles. The predicted molar refractivity (Wildman–Crippen MR) is 74.9 cm³/mol. The number of amides is 1. The summed E-state index contributed by atoms with van der Waals surface area (Å²) in [4.78, 5) is 11.9. The van der Waals surface area contributed by atoms with Crippen LogP contribution >= 0.6 is 15.9 Å². The van der Waals surface area contributed by atoms with Crippen molar-refractivity contribution in [3.63, 3.8) is 0 Å². The third-order valence-corrected chi connectivity index (χ3v) is 3.57. The first-order chi connectivity index (χ1) is 8.49. The lowest BCUT2D eigenvalue weighted by Gasteiger charge is -2.18. The van der Waals surface area contributed by atoms with Crippen LogP contribution in [0.25, 0.3) is 0 Å². The maximum atomic E-state index is 11.9. The molecule has 96 valence electrons. The zero-order chi connectivity index (χ0) is 13.7. The Balaban J connectivity index is 2.80. The highest BCUT2D eigenvalue weighted by Gasteiger charge is 2.20. The Hall–Kier alpha value is -1.38. The highest BCUT2D eigenvalue weighted by molar-refractivity contribution is 9.10. The van der Waals surface area contributed by atoms with E-state index in [9.17, 15) is 4.79 Å². The number of hydrogen-bond acceptors (Lipinski definition) is 3. The Morgan fingerprint density at radius 1 is 1.61 bits per heavy atom. The molecular weight excluding hydrogens is 294 g/mol. The third-order valence-electron chi connectivity index (χ3n) is 2.92. The third kappa shape index (κ3) is 3.56. The molecule has 0 bridgehead atoms. The van der Waals surface area contributed by atoms with Crippen molar-refractivity contribution in [3.05, 3.63) is 28.2 Å². The second-order valence-electron chi connectivity index (χ2n) is 4.21. The van der Waals surface area contributed by atoms with Crippen molar-refractivity contribution in [3.8, 4) is 6.07 Å². The summed E-state index contributed by atoms with van der Waals surface area (Å²) in [5.74, 6) is -0.0862. The normalized spacial score (nSPS) is 13.5. The lowest BCUT2D eigenvalue weighted by molar-refractivity contribution is -0.118. The SMILES string of the molecule is CCC(C)[C@H](N)C(=O)Nc1ccc(C#N)cc1Br. The Morgan fingerprint density at radius 3 is 2.78 bits per heavy atom. The minimum Gasteiger partial charge on any atom is -0.324 e. The van der Waals surface area contributed by atoms with Gasteiger partial charge in [-0.3, -0.25) is 4.79 Å². The molecule has 0 spiro atoms. The Bertz CT molecular complexity index is 482. The molecule has 0 aliphatic rings. The number of nitrogens with zero attached hydrogens (tertiary/aromatic N) is 1. The number of nitriles is 1. The van der Waals surface area contributed by atoms with Crippen molar-refractivity contribution < 1.29 is 4.79 Å². The summed E-state index contributed by atoms with van der Waals surface area (Å²) in [6.45, 7) is 3.94. The van der Waals surface area contributed by atoms with Crippen LogP contribution in [0.5, 0.6) is 0 Å². The molecule has 1 aromatic carbocycles. The number of hydrogen-bond donors (Lipinski definition) is 2. The highest BCUT2D eigenvalue weighted by Crippen LogP contribution is 2.23. The van der Waals surface area contributed by atoms with Gasteiger partial charge in [0.2, 0.25) is 5.91 Å². The van der Waals surface area contributed by atoms with Gasteiger partial charge in [0, 0.05) is 4.47 Å². The summed E-state index contributed by atoms with van der Waals surface area (Å²) in [6, 6.07) is 6.49. The fraction of sp³-hybridized carbons (Fsp3) is 0.385. The van der Waals surface area contributed by atoms with Gasteiger partial charge in [-0.25, -0.2) is 0 Å². The van der Waals surface area contributed by atoms with E-state index in [1.165, 1.54) is 0 Å². The fourth-order valence-electron chi connectivity index (χ4n) is 1.41. The summed E-state index contributed by atoms with van der Waals surface area (Å²) in [5, 5.41) is 11.5. The topological polar surface area (TPSA) is 78.9 Å². The van der Waals surface area contributed by atoms with E-state index < -0.39 is 6.04 Å². The summed E-state index contributed by atoms with van der Waals surface area (Å²) in [5.41, 5.74) is 7.00. The van der Waals surface area contributed by atoms with Crippen LogP contribution < -0.4 is 11.1 Å². The first-order valence-corrected chi connectivity index (χ1v) is 6.55. The molecule has 0 saturated carbocycles. The summed E-state index contributed by atoms with van der Waals surface area (Å²) >= 11 is 3.31. The van der Waals surface area contributed by atoms with E-state index in [4.69, 9.17) is 11.0 Å². The molecule has 1 unspecified atom stereocenters. The zero-order valence-electron chi connectivity index (χ0n) is 10.4. The molecule has 0 aromatic heterocycles. The maximum Gasteiger partial charge on any atom is 0.241 e. The zero-order valence-corrected chi connectivity index (χ0v) is 12.0. The number of carbonyl (C=O) groups excluding carboxylic acids is 1. The van der Waals surface area contributed by atoms with Gasteiger partial charge in [-0.15, -0.1) is 0 Å². The van der Waals surface area contributed by atoms with E-state index in [2.05, 4.69) is 21.2 Å². The lowest BCUT2D eigenvalue weighted by atomic mass is 9.99. The number of nitrogens with two attached hydrogens (primary N) is 1. The van der Waals surface area contributed by atoms with Gasteiger partial charge in [0.1, 0.15) is 0 Å². The average Bonchev–Trinajstić information content (AvgIpc) is 2.38. The Labute approximate surface area is 115 Å². The van der Waals surface area contributed by atoms with Gasteiger partial charge in [0.15, 0.2) is 0 Å². The molecule has 5 heteroatoms. The van der Waals surface area contributed by atoms with Crippen LogP contribution in [0.3, 0.4) is 0 Å². The van der Waals surface area contributed by atoms with Gasteiger partial charge < -0.3 is 11.1 Å². The van der Waals surface area contributed by atoms with Gasteiger partial charge in [-0.1, -0.05) is 20.3 Å². The van der Waals surface area contributed by atoms with Gasteiger partial charge in [0.05, 0.1) is 23.4 Å². The minimum atomic E-state index is -0.530. The molecular formula is C13H16BrN3O. The lowest BCUT2D eigenvalue weighted by Crippen LogP contribution is -2.40. The average molecular weight is 310 g/mol. The molecule has 0 radical (unpaired) electrons. The van der Waals surface area contributed by atoms with Crippen molar-refractivity contribution in [1.82, 2.24) is 0 Å². The number of benzene rings is 1. The van der Waals surface area contributed by atoms with Crippen molar-refractivity contribution in [2.45, 2.75) is 26.3 Å². The quantitative estimate of drug-likeness (QED) is 0.897. The molecule has 2 atom stereocenters. The molecule has 0 heterocycles. The van der Waals surface area contributed by atoms with Crippen LogP contribution in [0.1, 0.15) is 25.8 Å². The maximum absolute atomic E-state index is 11.9. The number of halogens is 1. The van der Waals surface area contributed by atoms with Gasteiger partial charge in [0.25, 0.3) is 0 Å². The molecule has 0 aliphatic heterocycles. The van der Waals surface area contributed by atoms with E-state index in [1.807, 2.05) is 19.9 Å². The summed E-state index contributed by atoms with van der Waals surface area (Å²) < 4.78 is 0.672. The minimum absolute atomic E-state index is 0.127. The number of rotatable bonds is 4. The van der Waals surface area contributed by atoms with Crippen molar-refractivity contribution >= 4 is 27.5 Å². The highest BCUT2D eigenvalue weighted by atomic mass is 79.9. The smallest absolute Gasteiger partial charge is 0.241 e.